The van der Waals surface area contributed by atoms with Crippen molar-refractivity contribution in [3.05, 3.63) is 42.7 Å². The smallest absolute Gasteiger partial charge is 0.197 e. The van der Waals surface area contributed by atoms with Gasteiger partial charge in [-0.3, -0.25) is 0 Å². The fourth-order valence-corrected chi connectivity index (χ4v) is 3.57. The number of benzene rings is 1. The zero-order chi connectivity index (χ0) is 13.8. The van der Waals surface area contributed by atoms with Crippen molar-refractivity contribution < 1.29 is 4.42 Å². The van der Waals surface area contributed by atoms with E-state index in [0.29, 0.717) is 11.6 Å². The molecule has 0 saturated heterocycles. The zero-order valence-corrected chi connectivity index (χ0v) is 12.7. The molecule has 0 unspecified atom stereocenters. The minimum absolute atomic E-state index is 0.653. The van der Waals surface area contributed by atoms with Crippen LogP contribution in [0.5, 0.6) is 0 Å². The van der Waals surface area contributed by atoms with E-state index in [2.05, 4.69) is 22.3 Å². The summed E-state index contributed by atoms with van der Waals surface area (Å²) in [5, 5.41) is 2.13. The second kappa shape index (κ2) is 6.33. The van der Waals surface area contributed by atoms with E-state index >= 15 is 0 Å². The minimum Gasteiger partial charge on any atom is -0.461 e. The van der Waals surface area contributed by atoms with Gasteiger partial charge < -0.3 is 4.42 Å². The summed E-state index contributed by atoms with van der Waals surface area (Å²) in [6.07, 6.45) is 3.77. The fraction of sp³-hybridized carbons (Fsp3) is 0.200. The van der Waals surface area contributed by atoms with E-state index in [1.165, 1.54) is 0 Å². The van der Waals surface area contributed by atoms with Gasteiger partial charge in [-0.05, 0) is 24.5 Å². The van der Waals surface area contributed by atoms with Gasteiger partial charge in [0, 0.05) is 16.9 Å². The van der Waals surface area contributed by atoms with Crippen molar-refractivity contribution >= 4 is 34.4 Å². The maximum absolute atomic E-state index is 5.41. The molecule has 3 rings (SSSR count). The van der Waals surface area contributed by atoms with E-state index in [4.69, 9.17) is 4.42 Å². The first-order chi connectivity index (χ1) is 9.88. The molecule has 1 aromatic carbocycles. The van der Waals surface area contributed by atoms with Crippen LogP contribution >= 0.6 is 23.5 Å². The number of fused-ring (bicyclic) bond motifs is 1. The maximum atomic E-state index is 5.41. The third-order valence-electron chi connectivity index (χ3n) is 2.84. The van der Waals surface area contributed by atoms with Crippen LogP contribution in [0.1, 0.15) is 0 Å². The number of aromatic nitrogens is 2. The molecule has 0 atom stereocenters. The van der Waals surface area contributed by atoms with Crippen LogP contribution in [0.3, 0.4) is 0 Å². The van der Waals surface area contributed by atoms with Gasteiger partial charge in [-0.15, -0.1) is 11.8 Å². The molecule has 20 heavy (non-hydrogen) atoms. The number of rotatable bonds is 5. The van der Waals surface area contributed by atoms with E-state index in [-0.39, 0.29) is 0 Å². The van der Waals surface area contributed by atoms with Crippen LogP contribution < -0.4 is 0 Å². The Morgan fingerprint density at radius 2 is 1.95 bits per heavy atom. The van der Waals surface area contributed by atoms with Crippen LogP contribution in [0, 0.1) is 0 Å². The number of hydrogen-bond acceptors (Lipinski definition) is 5. The second-order valence-electron chi connectivity index (χ2n) is 4.19. The molecule has 0 N–H and O–H groups in total. The number of hydrogen-bond donors (Lipinski definition) is 0. The van der Waals surface area contributed by atoms with Gasteiger partial charge >= 0.3 is 0 Å². The standard InChI is InChI=1S/C15H14N2OS2/c1-19-9-10-20-15-11-5-2-3-6-12(11)16-14(17-15)13-7-4-8-18-13/h2-8H,9-10H2,1H3. The van der Waals surface area contributed by atoms with E-state index < -0.39 is 0 Å². The molecule has 0 aliphatic heterocycles. The number of furan rings is 1. The summed E-state index contributed by atoms with van der Waals surface area (Å²) in [5.41, 5.74) is 0.959. The molecule has 2 heterocycles. The Bertz CT molecular complexity index is 698. The summed E-state index contributed by atoms with van der Waals surface area (Å²) in [6.45, 7) is 0. The lowest BCUT2D eigenvalue weighted by molar-refractivity contribution is 0.577. The summed E-state index contributed by atoms with van der Waals surface area (Å²) < 4.78 is 5.41. The monoisotopic (exact) mass is 302 g/mol. The Labute approximate surface area is 126 Å². The van der Waals surface area contributed by atoms with Crippen LogP contribution in [0.15, 0.2) is 52.1 Å². The highest BCUT2D eigenvalue weighted by Crippen LogP contribution is 2.28. The summed E-state index contributed by atoms with van der Waals surface area (Å²) >= 11 is 3.62. The first-order valence-corrected chi connectivity index (χ1v) is 8.69. The van der Waals surface area contributed by atoms with E-state index in [9.17, 15) is 0 Å². The zero-order valence-electron chi connectivity index (χ0n) is 11.1. The molecule has 0 aliphatic carbocycles. The quantitative estimate of drug-likeness (QED) is 0.398. The summed E-state index contributed by atoms with van der Waals surface area (Å²) in [5.74, 6) is 3.52. The Morgan fingerprint density at radius 3 is 2.75 bits per heavy atom. The first kappa shape index (κ1) is 13.5. The highest BCUT2D eigenvalue weighted by atomic mass is 32.2. The van der Waals surface area contributed by atoms with Gasteiger partial charge in [-0.25, -0.2) is 9.97 Å². The molecule has 2 aromatic heterocycles. The predicted molar refractivity (Wildman–Crippen MR) is 86.3 cm³/mol. The van der Waals surface area contributed by atoms with Crippen molar-refractivity contribution in [3.8, 4) is 11.6 Å². The van der Waals surface area contributed by atoms with Crippen molar-refractivity contribution in [2.24, 2.45) is 0 Å². The topological polar surface area (TPSA) is 38.9 Å². The molecular formula is C15H14N2OS2. The molecule has 0 fully saturated rings. The van der Waals surface area contributed by atoms with Crippen LogP contribution in [0.25, 0.3) is 22.5 Å². The van der Waals surface area contributed by atoms with Crippen molar-refractivity contribution in [2.75, 3.05) is 17.8 Å². The summed E-state index contributed by atoms with van der Waals surface area (Å²) in [4.78, 5) is 9.25. The fourth-order valence-electron chi connectivity index (χ4n) is 1.90. The molecule has 0 aliphatic rings. The van der Waals surface area contributed by atoms with E-state index in [1.807, 2.05) is 42.1 Å². The van der Waals surface area contributed by atoms with Crippen molar-refractivity contribution in [2.45, 2.75) is 5.03 Å². The van der Waals surface area contributed by atoms with Gasteiger partial charge in [-0.2, -0.15) is 11.8 Å². The lowest BCUT2D eigenvalue weighted by Crippen LogP contribution is -1.94. The van der Waals surface area contributed by atoms with Gasteiger partial charge in [0.25, 0.3) is 0 Å². The number of nitrogens with zero attached hydrogens (tertiary/aromatic N) is 2. The molecule has 0 bridgehead atoms. The van der Waals surface area contributed by atoms with Crippen molar-refractivity contribution in [1.29, 1.82) is 0 Å². The van der Waals surface area contributed by atoms with Gasteiger partial charge in [0.2, 0.25) is 0 Å². The lowest BCUT2D eigenvalue weighted by Gasteiger charge is -2.06. The average Bonchev–Trinajstić information content (AvgIpc) is 3.01. The molecule has 5 heteroatoms. The molecule has 0 spiro atoms. The van der Waals surface area contributed by atoms with Gasteiger partial charge in [0.05, 0.1) is 11.8 Å². The van der Waals surface area contributed by atoms with E-state index in [0.717, 1.165) is 27.4 Å². The van der Waals surface area contributed by atoms with E-state index in [1.54, 1.807) is 18.0 Å². The van der Waals surface area contributed by atoms with Gasteiger partial charge in [0.1, 0.15) is 5.03 Å². The highest BCUT2D eigenvalue weighted by Gasteiger charge is 2.11. The van der Waals surface area contributed by atoms with Crippen molar-refractivity contribution in [1.82, 2.24) is 9.97 Å². The Balaban J connectivity index is 2.05. The second-order valence-corrected chi connectivity index (χ2v) is 6.26. The van der Waals surface area contributed by atoms with Crippen LogP contribution in [-0.2, 0) is 0 Å². The normalized spacial score (nSPS) is 11.1. The first-order valence-electron chi connectivity index (χ1n) is 6.31. The predicted octanol–water partition coefficient (Wildman–Crippen LogP) is 4.34. The number of para-hydroxylation sites is 1. The number of thioether (sulfide) groups is 2. The van der Waals surface area contributed by atoms with Gasteiger partial charge in [0.15, 0.2) is 11.6 Å². The molecule has 0 amide bonds. The molecular weight excluding hydrogens is 288 g/mol. The maximum Gasteiger partial charge on any atom is 0.197 e. The Morgan fingerprint density at radius 1 is 1.05 bits per heavy atom. The third-order valence-corrected chi connectivity index (χ3v) is 4.70. The SMILES string of the molecule is CSCCSc1nc(-c2ccco2)nc2ccccc12. The molecule has 0 saturated carbocycles. The Kier molecular flexibility index (Phi) is 4.28. The van der Waals surface area contributed by atoms with Crippen LogP contribution in [0.4, 0.5) is 0 Å². The summed E-state index contributed by atoms with van der Waals surface area (Å²) in [6, 6.07) is 11.9. The molecule has 0 radical (unpaired) electrons. The lowest BCUT2D eigenvalue weighted by atomic mass is 10.2. The Hall–Kier alpha value is -1.46. The summed E-state index contributed by atoms with van der Waals surface area (Å²) in [7, 11) is 0. The van der Waals surface area contributed by atoms with Crippen LogP contribution in [-0.4, -0.2) is 27.7 Å². The largest absolute Gasteiger partial charge is 0.461 e. The minimum atomic E-state index is 0.653. The highest BCUT2D eigenvalue weighted by molar-refractivity contribution is 8.02. The van der Waals surface area contributed by atoms with Crippen molar-refractivity contribution in [3.63, 3.8) is 0 Å². The van der Waals surface area contributed by atoms with Crippen LogP contribution in [0.2, 0.25) is 0 Å². The average molecular weight is 302 g/mol. The molecule has 3 aromatic rings. The van der Waals surface area contributed by atoms with Gasteiger partial charge in [-0.1, -0.05) is 18.2 Å². The molecule has 102 valence electrons. The molecule has 3 nitrogen and oxygen atoms in total. The third kappa shape index (κ3) is 2.83.